The quantitative estimate of drug-likeness (QED) is 0.795. The lowest BCUT2D eigenvalue weighted by atomic mass is 9.85. The minimum atomic E-state index is -0.778. The number of aryl methyl sites for hydroxylation is 1. The zero-order valence-electron chi connectivity index (χ0n) is 16.5. The van der Waals surface area contributed by atoms with Gasteiger partial charge in [0.1, 0.15) is 23.2 Å². The Hall–Kier alpha value is -2.27. The van der Waals surface area contributed by atoms with E-state index in [0.29, 0.717) is 22.6 Å². The van der Waals surface area contributed by atoms with Crippen molar-refractivity contribution in [1.29, 1.82) is 0 Å². The Morgan fingerprint density at radius 3 is 2.67 bits per heavy atom. The van der Waals surface area contributed by atoms with E-state index in [0.717, 1.165) is 29.4 Å². The van der Waals surface area contributed by atoms with E-state index in [1.807, 2.05) is 39.8 Å². The lowest BCUT2D eigenvalue weighted by molar-refractivity contribution is 0.0173. The third kappa shape index (κ3) is 2.76. The van der Waals surface area contributed by atoms with E-state index in [1.165, 1.54) is 6.07 Å². The number of benzene rings is 1. The maximum Gasteiger partial charge on any atom is 0.336 e. The van der Waals surface area contributed by atoms with Crippen molar-refractivity contribution < 1.29 is 19.0 Å². The Bertz CT molecular complexity index is 998. The molecular formula is C22H26O5. The summed E-state index contributed by atoms with van der Waals surface area (Å²) in [7, 11) is 0. The molecule has 4 rings (SSSR count). The van der Waals surface area contributed by atoms with Crippen molar-refractivity contribution in [1.82, 2.24) is 0 Å². The molecule has 5 nitrogen and oxygen atoms in total. The van der Waals surface area contributed by atoms with E-state index in [-0.39, 0.29) is 12.0 Å². The maximum absolute atomic E-state index is 12.3. The van der Waals surface area contributed by atoms with Crippen LogP contribution < -0.4 is 15.1 Å². The fraction of sp³-hybridized carbons (Fsp3) is 0.500. The molecule has 1 aromatic heterocycles. The molecule has 0 aliphatic carbocycles. The molecule has 0 spiro atoms. The smallest absolute Gasteiger partial charge is 0.336 e. The van der Waals surface area contributed by atoms with Gasteiger partial charge in [0.2, 0.25) is 0 Å². The lowest BCUT2D eigenvalue weighted by Gasteiger charge is -2.37. The number of hydrogen-bond acceptors (Lipinski definition) is 5. The van der Waals surface area contributed by atoms with Gasteiger partial charge in [-0.1, -0.05) is 20.3 Å². The van der Waals surface area contributed by atoms with Crippen LogP contribution in [0.1, 0.15) is 63.8 Å². The number of aliphatic hydroxyl groups excluding tert-OH is 1. The van der Waals surface area contributed by atoms with Crippen molar-refractivity contribution in [3.63, 3.8) is 0 Å². The summed E-state index contributed by atoms with van der Waals surface area (Å²) >= 11 is 0. The topological polar surface area (TPSA) is 68.9 Å². The average Bonchev–Trinajstić information content (AvgIpc) is 2.58. The number of fused-ring (bicyclic) bond motifs is 6. The normalized spacial score (nSPS) is 25.5. The minimum Gasteiger partial charge on any atom is -0.489 e. The first kappa shape index (κ1) is 18.1. The van der Waals surface area contributed by atoms with Crippen molar-refractivity contribution in [2.24, 2.45) is 5.92 Å². The van der Waals surface area contributed by atoms with Gasteiger partial charge < -0.3 is 19.0 Å². The zero-order valence-corrected chi connectivity index (χ0v) is 16.5. The summed E-state index contributed by atoms with van der Waals surface area (Å²) in [5, 5.41) is 11.8. The van der Waals surface area contributed by atoms with Gasteiger partial charge in [-0.15, -0.1) is 0 Å². The third-order valence-corrected chi connectivity index (χ3v) is 5.62. The van der Waals surface area contributed by atoms with Crippen LogP contribution in [-0.4, -0.2) is 16.8 Å². The van der Waals surface area contributed by atoms with E-state index in [1.54, 1.807) is 0 Å². The highest BCUT2D eigenvalue weighted by Gasteiger charge is 2.39. The molecular weight excluding hydrogens is 344 g/mol. The zero-order chi connectivity index (χ0) is 19.5. The molecule has 3 heterocycles. The summed E-state index contributed by atoms with van der Waals surface area (Å²) in [6, 6.07) is 1.54. The van der Waals surface area contributed by atoms with Gasteiger partial charge in [0.05, 0.1) is 22.6 Å². The largest absolute Gasteiger partial charge is 0.489 e. The number of hydrogen-bond donors (Lipinski definition) is 1. The molecule has 2 aliphatic heterocycles. The van der Waals surface area contributed by atoms with E-state index < -0.39 is 17.3 Å². The second-order valence-electron chi connectivity index (χ2n) is 8.20. The van der Waals surface area contributed by atoms with Gasteiger partial charge in [-0.05, 0) is 44.9 Å². The van der Waals surface area contributed by atoms with Crippen molar-refractivity contribution in [2.75, 3.05) is 0 Å². The average molecular weight is 370 g/mol. The van der Waals surface area contributed by atoms with E-state index in [9.17, 15) is 9.90 Å². The van der Waals surface area contributed by atoms with Crippen LogP contribution in [-0.2, 0) is 6.42 Å². The number of ether oxygens (including phenoxy) is 2. The van der Waals surface area contributed by atoms with Crippen LogP contribution in [0.15, 0.2) is 21.4 Å². The second kappa shape index (κ2) is 6.13. The highest BCUT2D eigenvalue weighted by Crippen LogP contribution is 2.52. The van der Waals surface area contributed by atoms with E-state index in [4.69, 9.17) is 13.9 Å². The molecule has 1 N–H and O–H groups in total. The standard InChI is InChI=1S/C22H26O5/c1-6-7-13-10-15(23)26-21-16(13)20-14(8-9-22(4,5)27-20)19-17(21)18(24)11(2)12(3)25-19/h8-12,18,24H,6-7H2,1-5H3/t11-,12+,18+/m0/s1. The molecule has 0 saturated heterocycles. The fourth-order valence-electron chi connectivity index (χ4n) is 3.98. The van der Waals surface area contributed by atoms with Gasteiger partial charge >= 0.3 is 5.63 Å². The molecule has 5 heteroatoms. The van der Waals surface area contributed by atoms with Gasteiger partial charge in [0.15, 0.2) is 5.58 Å². The molecule has 0 unspecified atom stereocenters. The molecule has 2 aromatic rings. The molecule has 144 valence electrons. The molecule has 1 aromatic carbocycles. The molecule has 0 fully saturated rings. The molecule has 0 amide bonds. The van der Waals surface area contributed by atoms with Crippen molar-refractivity contribution in [3.8, 4) is 11.5 Å². The van der Waals surface area contributed by atoms with Crippen molar-refractivity contribution in [2.45, 2.75) is 65.3 Å². The van der Waals surface area contributed by atoms with Crippen LogP contribution in [0.5, 0.6) is 11.5 Å². The summed E-state index contributed by atoms with van der Waals surface area (Å²) in [5.74, 6) is 1.10. The van der Waals surface area contributed by atoms with Gasteiger partial charge in [-0.25, -0.2) is 4.79 Å². The molecule has 0 radical (unpaired) electrons. The Morgan fingerprint density at radius 1 is 1.22 bits per heavy atom. The highest BCUT2D eigenvalue weighted by atomic mass is 16.5. The maximum atomic E-state index is 12.3. The van der Waals surface area contributed by atoms with Crippen LogP contribution in [0.3, 0.4) is 0 Å². The molecule has 0 saturated carbocycles. The summed E-state index contributed by atoms with van der Waals surface area (Å²) in [4.78, 5) is 12.3. The third-order valence-electron chi connectivity index (χ3n) is 5.62. The van der Waals surface area contributed by atoms with Crippen LogP contribution in [0.25, 0.3) is 17.0 Å². The van der Waals surface area contributed by atoms with E-state index in [2.05, 4.69) is 6.92 Å². The first-order valence-corrected chi connectivity index (χ1v) is 9.63. The molecule has 2 aliphatic rings. The van der Waals surface area contributed by atoms with Crippen LogP contribution >= 0.6 is 0 Å². The van der Waals surface area contributed by atoms with Gasteiger partial charge in [0, 0.05) is 12.0 Å². The monoisotopic (exact) mass is 370 g/mol. The molecule has 0 bridgehead atoms. The number of rotatable bonds is 2. The Morgan fingerprint density at radius 2 is 1.96 bits per heavy atom. The Balaban J connectivity index is 2.17. The summed E-state index contributed by atoms with van der Waals surface area (Å²) in [6.45, 7) is 9.91. The second-order valence-corrected chi connectivity index (χ2v) is 8.20. The predicted octanol–water partition coefficient (Wildman–Crippen LogP) is 4.38. The molecule has 27 heavy (non-hydrogen) atoms. The summed E-state index contributed by atoms with van der Waals surface area (Å²) in [5.41, 5.74) is 1.72. The Labute approximate surface area is 158 Å². The fourth-order valence-corrected chi connectivity index (χ4v) is 3.98. The van der Waals surface area contributed by atoms with Crippen LogP contribution in [0.2, 0.25) is 0 Å². The molecule has 3 atom stereocenters. The Kier molecular flexibility index (Phi) is 4.11. The van der Waals surface area contributed by atoms with Crippen LogP contribution in [0.4, 0.5) is 0 Å². The minimum absolute atomic E-state index is 0.121. The van der Waals surface area contributed by atoms with Crippen molar-refractivity contribution in [3.05, 3.63) is 39.3 Å². The lowest BCUT2D eigenvalue weighted by Crippen LogP contribution is -2.34. The van der Waals surface area contributed by atoms with E-state index >= 15 is 0 Å². The first-order valence-electron chi connectivity index (χ1n) is 9.63. The van der Waals surface area contributed by atoms with Gasteiger partial charge in [0.25, 0.3) is 0 Å². The van der Waals surface area contributed by atoms with Crippen LogP contribution in [0, 0.1) is 5.92 Å². The predicted molar refractivity (Wildman–Crippen MR) is 104 cm³/mol. The van der Waals surface area contributed by atoms with Gasteiger partial charge in [-0.2, -0.15) is 0 Å². The van der Waals surface area contributed by atoms with Gasteiger partial charge in [-0.3, -0.25) is 0 Å². The van der Waals surface area contributed by atoms with Crippen molar-refractivity contribution >= 4 is 17.0 Å². The highest BCUT2D eigenvalue weighted by molar-refractivity contribution is 5.97. The first-order chi connectivity index (χ1) is 12.7. The number of aliphatic hydroxyl groups is 1. The SMILES string of the molecule is CCCc1cc(=O)oc2c3c(c4c(c12)OC(C)(C)C=C4)O[C@H](C)[C@H](C)[C@H]3O. The summed E-state index contributed by atoms with van der Waals surface area (Å²) in [6.07, 6.45) is 4.65. The summed E-state index contributed by atoms with van der Waals surface area (Å²) < 4.78 is 18.1.